The molecule has 4 heteroatoms. The van der Waals surface area contributed by atoms with Crippen LogP contribution < -0.4 is 10.1 Å². The minimum atomic E-state index is 0.452. The van der Waals surface area contributed by atoms with E-state index in [1.54, 1.807) is 14.2 Å². The van der Waals surface area contributed by atoms with Crippen LogP contribution in [0.1, 0.15) is 19.4 Å². The van der Waals surface area contributed by atoms with Crippen molar-refractivity contribution >= 4 is 15.9 Å². The summed E-state index contributed by atoms with van der Waals surface area (Å²) in [6.45, 7) is 6.12. The zero-order valence-electron chi connectivity index (χ0n) is 12.2. The number of methoxy groups -OCH3 is 2. The van der Waals surface area contributed by atoms with Gasteiger partial charge in [0.25, 0.3) is 0 Å². The fourth-order valence-corrected chi connectivity index (χ4v) is 2.36. The third-order valence-corrected chi connectivity index (χ3v) is 4.19. The van der Waals surface area contributed by atoms with Crippen LogP contribution in [0.15, 0.2) is 22.7 Å². The molecule has 0 spiro atoms. The van der Waals surface area contributed by atoms with Gasteiger partial charge in [-0.25, -0.2) is 0 Å². The van der Waals surface area contributed by atoms with E-state index in [1.807, 2.05) is 12.1 Å². The van der Waals surface area contributed by atoms with Crippen LogP contribution in [0.2, 0.25) is 0 Å². The molecule has 19 heavy (non-hydrogen) atoms. The molecule has 0 radical (unpaired) electrons. The van der Waals surface area contributed by atoms with Crippen molar-refractivity contribution in [3.05, 3.63) is 28.2 Å². The normalized spacial score (nSPS) is 14.2. The highest BCUT2D eigenvalue weighted by Crippen LogP contribution is 2.25. The van der Waals surface area contributed by atoms with Crippen LogP contribution in [-0.2, 0) is 11.2 Å². The van der Waals surface area contributed by atoms with Crippen molar-refractivity contribution in [2.24, 2.45) is 5.92 Å². The average molecular weight is 330 g/mol. The molecule has 0 aliphatic heterocycles. The van der Waals surface area contributed by atoms with Crippen LogP contribution in [0.4, 0.5) is 0 Å². The summed E-state index contributed by atoms with van der Waals surface area (Å²) in [4.78, 5) is 0. The van der Waals surface area contributed by atoms with E-state index >= 15 is 0 Å². The van der Waals surface area contributed by atoms with E-state index in [4.69, 9.17) is 9.47 Å². The molecule has 1 aromatic carbocycles. The minimum Gasteiger partial charge on any atom is -0.497 e. The molecular weight excluding hydrogens is 306 g/mol. The van der Waals surface area contributed by atoms with Crippen LogP contribution >= 0.6 is 15.9 Å². The highest BCUT2D eigenvalue weighted by Gasteiger charge is 2.14. The Hall–Kier alpha value is -0.580. The van der Waals surface area contributed by atoms with Crippen molar-refractivity contribution in [3.8, 4) is 5.75 Å². The van der Waals surface area contributed by atoms with Crippen LogP contribution in [0.3, 0.4) is 0 Å². The lowest BCUT2D eigenvalue weighted by Crippen LogP contribution is -2.35. The fourth-order valence-electron chi connectivity index (χ4n) is 1.95. The van der Waals surface area contributed by atoms with Crippen molar-refractivity contribution < 1.29 is 9.47 Å². The van der Waals surface area contributed by atoms with Crippen molar-refractivity contribution in [2.75, 3.05) is 27.4 Å². The zero-order valence-corrected chi connectivity index (χ0v) is 13.8. The van der Waals surface area contributed by atoms with Crippen LogP contribution in [-0.4, -0.2) is 33.4 Å². The summed E-state index contributed by atoms with van der Waals surface area (Å²) >= 11 is 3.61. The van der Waals surface area contributed by atoms with Gasteiger partial charge in [-0.05, 0) is 43.0 Å². The van der Waals surface area contributed by atoms with Gasteiger partial charge in [-0.15, -0.1) is 0 Å². The highest BCUT2D eigenvalue weighted by molar-refractivity contribution is 9.10. The SMILES string of the molecule is COCCNC(C)C(C)Cc1cc(OC)ccc1Br. The Morgan fingerprint density at radius 3 is 2.63 bits per heavy atom. The third kappa shape index (κ3) is 5.51. The van der Waals surface area contributed by atoms with E-state index < -0.39 is 0 Å². The predicted molar refractivity (Wildman–Crippen MR) is 82.9 cm³/mol. The van der Waals surface area contributed by atoms with Crippen LogP contribution in [0, 0.1) is 5.92 Å². The lowest BCUT2D eigenvalue weighted by Gasteiger charge is -2.22. The summed E-state index contributed by atoms with van der Waals surface area (Å²) < 4.78 is 11.5. The molecule has 2 atom stereocenters. The smallest absolute Gasteiger partial charge is 0.119 e. The van der Waals surface area contributed by atoms with E-state index in [1.165, 1.54) is 5.56 Å². The molecule has 0 aliphatic carbocycles. The van der Waals surface area contributed by atoms with Gasteiger partial charge in [0, 0.05) is 24.2 Å². The molecular formula is C15H24BrNO2. The maximum atomic E-state index is 5.28. The quantitative estimate of drug-likeness (QED) is 0.742. The zero-order chi connectivity index (χ0) is 14.3. The molecule has 0 saturated heterocycles. The largest absolute Gasteiger partial charge is 0.497 e. The van der Waals surface area contributed by atoms with Crippen molar-refractivity contribution in [3.63, 3.8) is 0 Å². The van der Waals surface area contributed by atoms with Gasteiger partial charge in [0.1, 0.15) is 5.75 Å². The van der Waals surface area contributed by atoms with E-state index in [0.717, 1.165) is 29.8 Å². The Kier molecular flexibility index (Phi) is 7.42. The van der Waals surface area contributed by atoms with Gasteiger partial charge in [-0.3, -0.25) is 0 Å². The van der Waals surface area contributed by atoms with Crippen molar-refractivity contribution in [2.45, 2.75) is 26.3 Å². The van der Waals surface area contributed by atoms with E-state index in [2.05, 4.69) is 41.2 Å². The Labute approximate surface area is 124 Å². The second kappa shape index (κ2) is 8.56. The van der Waals surface area contributed by atoms with Crippen molar-refractivity contribution in [1.82, 2.24) is 5.32 Å². The molecule has 2 unspecified atom stereocenters. The van der Waals surface area contributed by atoms with Crippen LogP contribution in [0.25, 0.3) is 0 Å². The Balaban J connectivity index is 2.57. The first-order valence-electron chi connectivity index (χ1n) is 6.63. The highest BCUT2D eigenvalue weighted by atomic mass is 79.9. The summed E-state index contributed by atoms with van der Waals surface area (Å²) in [5, 5.41) is 3.48. The van der Waals surface area contributed by atoms with E-state index in [0.29, 0.717) is 12.0 Å². The maximum absolute atomic E-state index is 5.28. The Morgan fingerprint density at radius 2 is 2.00 bits per heavy atom. The molecule has 3 nitrogen and oxygen atoms in total. The molecule has 1 rings (SSSR count). The molecule has 108 valence electrons. The number of halogens is 1. The second-order valence-electron chi connectivity index (χ2n) is 4.87. The molecule has 1 N–H and O–H groups in total. The molecule has 0 bridgehead atoms. The summed E-state index contributed by atoms with van der Waals surface area (Å²) in [5.74, 6) is 1.45. The topological polar surface area (TPSA) is 30.5 Å². The van der Waals surface area contributed by atoms with Gasteiger partial charge >= 0.3 is 0 Å². The number of hydrogen-bond donors (Lipinski definition) is 1. The number of benzene rings is 1. The van der Waals surface area contributed by atoms with Gasteiger partial charge < -0.3 is 14.8 Å². The van der Waals surface area contributed by atoms with Gasteiger partial charge in [0.15, 0.2) is 0 Å². The number of hydrogen-bond acceptors (Lipinski definition) is 3. The predicted octanol–water partition coefficient (Wildman–Crippen LogP) is 3.26. The summed E-state index contributed by atoms with van der Waals surface area (Å²) in [7, 11) is 3.43. The minimum absolute atomic E-state index is 0.452. The molecule has 0 aliphatic rings. The Bertz CT molecular complexity index is 384. The number of ether oxygens (including phenoxy) is 2. The van der Waals surface area contributed by atoms with E-state index in [-0.39, 0.29) is 0 Å². The second-order valence-corrected chi connectivity index (χ2v) is 5.73. The fraction of sp³-hybridized carbons (Fsp3) is 0.600. The van der Waals surface area contributed by atoms with Crippen LogP contribution in [0.5, 0.6) is 5.75 Å². The van der Waals surface area contributed by atoms with Crippen molar-refractivity contribution in [1.29, 1.82) is 0 Å². The monoisotopic (exact) mass is 329 g/mol. The lowest BCUT2D eigenvalue weighted by molar-refractivity contribution is 0.192. The lowest BCUT2D eigenvalue weighted by atomic mass is 9.95. The summed E-state index contributed by atoms with van der Waals surface area (Å²) in [6.07, 6.45) is 1.01. The van der Waals surface area contributed by atoms with Gasteiger partial charge in [0.05, 0.1) is 13.7 Å². The standard InChI is InChI=1S/C15H24BrNO2/c1-11(12(2)17-7-8-18-3)9-13-10-14(19-4)5-6-15(13)16/h5-6,10-12,17H,7-9H2,1-4H3. The first-order chi connectivity index (χ1) is 9.08. The first kappa shape index (κ1) is 16.5. The van der Waals surface area contributed by atoms with Gasteiger partial charge in [-0.2, -0.15) is 0 Å². The number of nitrogens with one attached hydrogen (secondary N) is 1. The molecule has 0 saturated carbocycles. The van der Waals surface area contributed by atoms with E-state index in [9.17, 15) is 0 Å². The Morgan fingerprint density at radius 1 is 1.26 bits per heavy atom. The summed E-state index contributed by atoms with van der Waals surface area (Å²) in [5.41, 5.74) is 1.28. The molecule has 0 fully saturated rings. The third-order valence-electron chi connectivity index (χ3n) is 3.42. The molecule has 1 aromatic rings. The maximum Gasteiger partial charge on any atom is 0.119 e. The number of rotatable bonds is 8. The molecule has 0 aromatic heterocycles. The van der Waals surface area contributed by atoms with Gasteiger partial charge in [-0.1, -0.05) is 22.9 Å². The van der Waals surface area contributed by atoms with Gasteiger partial charge in [0.2, 0.25) is 0 Å². The average Bonchev–Trinajstić information content (AvgIpc) is 2.41. The molecule has 0 amide bonds. The molecule has 0 heterocycles. The summed E-state index contributed by atoms with van der Waals surface area (Å²) in [6, 6.07) is 6.57. The first-order valence-corrected chi connectivity index (χ1v) is 7.42.